The zero-order valence-electron chi connectivity index (χ0n) is 12.5. The molecule has 6 nitrogen and oxygen atoms in total. The van der Waals surface area contributed by atoms with Crippen molar-refractivity contribution in [1.82, 2.24) is 9.13 Å². The van der Waals surface area contributed by atoms with Gasteiger partial charge in [-0.2, -0.15) is 13.2 Å². The minimum atomic E-state index is -4.81. The summed E-state index contributed by atoms with van der Waals surface area (Å²) in [7, 11) is 0.942. The maximum atomic E-state index is 12.9. The van der Waals surface area contributed by atoms with Crippen LogP contribution >= 0.6 is 0 Å². The number of rotatable bonds is 1. The first kappa shape index (κ1) is 16.3. The Balaban J connectivity index is 2.21. The van der Waals surface area contributed by atoms with E-state index in [2.05, 4.69) is 0 Å². The summed E-state index contributed by atoms with van der Waals surface area (Å²) in [5, 5.41) is 9.98. The molecule has 9 heteroatoms. The molecule has 2 aromatic rings. The molecule has 1 aliphatic heterocycles. The molecule has 0 saturated heterocycles. The summed E-state index contributed by atoms with van der Waals surface area (Å²) in [6.45, 7) is 0.329. The minimum absolute atomic E-state index is 0.0672. The Morgan fingerprint density at radius 2 is 1.96 bits per heavy atom. The first-order valence-electron chi connectivity index (χ1n) is 7.05. The van der Waals surface area contributed by atoms with Crippen molar-refractivity contribution in [2.45, 2.75) is 18.7 Å². The molecule has 0 radical (unpaired) electrons. The van der Waals surface area contributed by atoms with Gasteiger partial charge in [0.25, 0.3) is 5.56 Å². The molecule has 0 spiro atoms. The number of aromatic nitrogens is 2. The first-order valence-corrected chi connectivity index (χ1v) is 7.05. The molecule has 0 aliphatic carbocycles. The minimum Gasteiger partial charge on any atom is -0.493 e. The second-order valence-corrected chi connectivity index (χ2v) is 5.42. The van der Waals surface area contributed by atoms with E-state index in [1.165, 1.54) is 18.2 Å². The van der Waals surface area contributed by atoms with E-state index in [-0.39, 0.29) is 5.69 Å². The molecule has 1 aromatic carbocycles. The maximum Gasteiger partial charge on any atom is 0.431 e. The number of hydrogen-bond donors (Lipinski definition) is 1. The average molecular weight is 342 g/mol. The van der Waals surface area contributed by atoms with Crippen LogP contribution < -0.4 is 16.0 Å². The number of hydrogen-bond acceptors (Lipinski definition) is 4. The van der Waals surface area contributed by atoms with Crippen LogP contribution in [0.4, 0.5) is 13.2 Å². The number of alkyl halides is 3. The molecule has 0 bridgehead atoms. The number of fused-ring (bicyclic) bond motifs is 1. The summed E-state index contributed by atoms with van der Waals surface area (Å²) in [6.07, 6.45) is -5.30. The van der Waals surface area contributed by atoms with Crippen LogP contribution in [0.2, 0.25) is 0 Å². The Kier molecular flexibility index (Phi) is 3.75. The van der Waals surface area contributed by atoms with Crippen LogP contribution in [0.1, 0.15) is 23.8 Å². The number of aliphatic hydroxyl groups excluding tert-OH is 1. The smallest absolute Gasteiger partial charge is 0.431 e. The SMILES string of the molecule is Cn1c(C(F)(F)F)cc(=O)n(-c2ccc3c(c2)C(O)CCO3)c1=O. The molecule has 3 rings (SSSR count). The van der Waals surface area contributed by atoms with Gasteiger partial charge in [0.05, 0.1) is 18.4 Å². The summed E-state index contributed by atoms with van der Waals surface area (Å²) in [5.74, 6) is 0.411. The third-order valence-corrected chi connectivity index (χ3v) is 3.87. The van der Waals surface area contributed by atoms with Crippen LogP contribution in [0.5, 0.6) is 5.75 Å². The van der Waals surface area contributed by atoms with Crippen molar-refractivity contribution in [2.75, 3.05) is 6.61 Å². The van der Waals surface area contributed by atoms with Gasteiger partial charge in [0.1, 0.15) is 11.4 Å². The highest BCUT2D eigenvalue weighted by atomic mass is 19.4. The summed E-state index contributed by atoms with van der Waals surface area (Å²) in [5.41, 5.74) is -3.10. The van der Waals surface area contributed by atoms with Gasteiger partial charge in [0.2, 0.25) is 0 Å². The van der Waals surface area contributed by atoms with Crippen LogP contribution in [0.15, 0.2) is 33.9 Å². The van der Waals surface area contributed by atoms with Crippen molar-refractivity contribution < 1.29 is 23.0 Å². The molecule has 0 saturated carbocycles. The Morgan fingerprint density at radius 1 is 1.25 bits per heavy atom. The molecule has 0 amide bonds. The van der Waals surface area contributed by atoms with E-state index in [9.17, 15) is 27.9 Å². The molecular formula is C15H13F3N2O4. The van der Waals surface area contributed by atoms with Crippen molar-refractivity contribution in [3.63, 3.8) is 0 Å². The highest BCUT2D eigenvalue weighted by molar-refractivity contribution is 5.46. The van der Waals surface area contributed by atoms with Crippen molar-refractivity contribution >= 4 is 0 Å². The quantitative estimate of drug-likeness (QED) is 0.850. The third kappa shape index (κ3) is 2.60. The maximum absolute atomic E-state index is 12.9. The first-order chi connectivity index (χ1) is 11.2. The number of nitrogens with zero attached hydrogens (tertiary/aromatic N) is 2. The van der Waals surface area contributed by atoms with Gasteiger partial charge in [-0.25, -0.2) is 9.36 Å². The van der Waals surface area contributed by atoms with E-state index in [1.54, 1.807) is 0 Å². The highest BCUT2D eigenvalue weighted by Gasteiger charge is 2.35. The van der Waals surface area contributed by atoms with Gasteiger partial charge in [-0.15, -0.1) is 0 Å². The zero-order chi connectivity index (χ0) is 17.6. The fourth-order valence-corrected chi connectivity index (χ4v) is 2.64. The Hall–Kier alpha value is -2.55. The Labute approximate surface area is 133 Å². The van der Waals surface area contributed by atoms with Crippen LogP contribution in [-0.2, 0) is 13.2 Å². The van der Waals surface area contributed by atoms with E-state index in [0.29, 0.717) is 39.5 Å². The van der Waals surface area contributed by atoms with Gasteiger partial charge in [0, 0.05) is 25.1 Å². The number of aliphatic hydroxyl groups is 1. The van der Waals surface area contributed by atoms with Crippen molar-refractivity contribution in [3.8, 4) is 11.4 Å². The van der Waals surface area contributed by atoms with Crippen LogP contribution in [0.25, 0.3) is 5.69 Å². The standard InChI is InChI=1S/C15H13F3N2O4/c1-19-12(15(16,17)18)7-13(22)20(14(19)23)8-2-3-11-9(6-8)10(21)4-5-24-11/h2-3,6-7,10,21H,4-5H2,1H3. The predicted octanol–water partition coefficient (Wildman–Crippen LogP) is 1.37. The second kappa shape index (κ2) is 5.52. The number of halogens is 3. The van der Waals surface area contributed by atoms with E-state index in [4.69, 9.17) is 4.74 Å². The van der Waals surface area contributed by atoms with Gasteiger partial charge < -0.3 is 9.84 Å². The van der Waals surface area contributed by atoms with Crippen molar-refractivity contribution in [2.24, 2.45) is 7.05 Å². The number of ether oxygens (including phenoxy) is 1. The third-order valence-electron chi connectivity index (χ3n) is 3.87. The van der Waals surface area contributed by atoms with Gasteiger partial charge in [0.15, 0.2) is 0 Å². The summed E-state index contributed by atoms with van der Waals surface area (Å²) < 4.78 is 44.9. The van der Waals surface area contributed by atoms with Crippen LogP contribution in [0.3, 0.4) is 0 Å². The van der Waals surface area contributed by atoms with E-state index < -0.39 is 29.2 Å². The van der Waals surface area contributed by atoms with Crippen LogP contribution in [0, 0.1) is 0 Å². The highest BCUT2D eigenvalue weighted by Crippen LogP contribution is 2.33. The molecule has 24 heavy (non-hydrogen) atoms. The Bertz CT molecular complexity index is 914. The van der Waals surface area contributed by atoms with Gasteiger partial charge in [-0.3, -0.25) is 9.36 Å². The van der Waals surface area contributed by atoms with E-state index in [1.807, 2.05) is 0 Å². The molecular weight excluding hydrogens is 329 g/mol. The lowest BCUT2D eigenvalue weighted by molar-refractivity contribution is -0.144. The molecule has 1 aliphatic rings. The van der Waals surface area contributed by atoms with Crippen LogP contribution in [-0.4, -0.2) is 20.8 Å². The summed E-state index contributed by atoms with van der Waals surface area (Å²) in [4.78, 5) is 24.3. The Morgan fingerprint density at radius 3 is 2.62 bits per heavy atom. The average Bonchev–Trinajstić information content (AvgIpc) is 2.50. The fraction of sp³-hybridized carbons (Fsp3) is 0.333. The van der Waals surface area contributed by atoms with Crippen molar-refractivity contribution in [1.29, 1.82) is 0 Å². The fourth-order valence-electron chi connectivity index (χ4n) is 2.64. The lowest BCUT2D eigenvalue weighted by Gasteiger charge is -2.23. The van der Waals surface area contributed by atoms with Crippen molar-refractivity contribution in [3.05, 3.63) is 56.4 Å². The molecule has 1 N–H and O–H groups in total. The lowest BCUT2D eigenvalue weighted by Crippen LogP contribution is -2.40. The molecule has 1 unspecified atom stereocenters. The molecule has 1 atom stereocenters. The van der Waals surface area contributed by atoms with E-state index >= 15 is 0 Å². The van der Waals surface area contributed by atoms with Gasteiger partial charge in [-0.1, -0.05) is 0 Å². The molecule has 0 fully saturated rings. The molecule has 128 valence electrons. The van der Waals surface area contributed by atoms with E-state index in [0.717, 1.165) is 7.05 Å². The summed E-state index contributed by atoms with van der Waals surface area (Å²) in [6, 6.07) is 4.59. The number of benzene rings is 1. The zero-order valence-corrected chi connectivity index (χ0v) is 12.5. The second-order valence-electron chi connectivity index (χ2n) is 5.42. The monoisotopic (exact) mass is 342 g/mol. The normalized spacial score (nSPS) is 17.3. The topological polar surface area (TPSA) is 73.5 Å². The lowest BCUT2D eigenvalue weighted by atomic mass is 10.0. The van der Waals surface area contributed by atoms with Gasteiger partial charge in [-0.05, 0) is 18.2 Å². The predicted molar refractivity (Wildman–Crippen MR) is 77.4 cm³/mol. The molecule has 2 heterocycles. The molecule has 1 aromatic heterocycles. The largest absolute Gasteiger partial charge is 0.493 e. The summed E-state index contributed by atoms with van der Waals surface area (Å²) >= 11 is 0. The van der Waals surface area contributed by atoms with Gasteiger partial charge >= 0.3 is 11.9 Å².